The number of halogens is 1. The smallest absolute Gasteiger partial charge is 0.169 e. The van der Waals surface area contributed by atoms with Gasteiger partial charge >= 0.3 is 0 Å². The van der Waals surface area contributed by atoms with Gasteiger partial charge in [-0.05, 0) is 13.0 Å². The number of hydroxylamine groups is 1. The van der Waals surface area contributed by atoms with Gasteiger partial charge in [-0.1, -0.05) is 12.1 Å². The fourth-order valence-corrected chi connectivity index (χ4v) is 1.08. The van der Waals surface area contributed by atoms with E-state index in [4.69, 9.17) is 9.57 Å². The van der Waals surface area contributed by atoms with Crippen molar-refractivity contribution in [2.45, 2.75) is 13.5 Å². The lowest BCUT2D eigenvalue weighted by molar-refractivity contribution is 0.0456. The summed E-state index contributed by atoms with van der Waals surface area (Å²) < 4.78 is 18.3. The third kappa shape index (κ3) is 2.68. The Morgan fingerprint density at radius 3 is 2.86 bits per heavy atom. The number of methoxy groups -OCH3 is 1. The zero-order valence-electron chi connectivity index (χ0n) is 8.34. The summed E-state index contributed by atoms with van der Waals surface area (Å²) in [5.41, 5.74) is 3.17. The van der Waals surface area contributed by atoms with Crippen LogP contribution in [-0.4, -0.2) is 13.7 Å². The van der Waals surface area contributed by atoms with Crippen LogP contribution in [0.3, 0.4) is 0 Å². The standard InChI is InChI=1S/C10H14FNO2/c1-3-14-12-7-8-5-4-6-9(13-2)10(8)11/h4-6,12H,3,7H2,1-2H3. The molecular formula is C10H14FNO2. The van der Waals surface area contributed by atoms with E-state index < -0.39 is 0 Å². The molecule has 0 amide bonds. The third-order valence-corrected chi connectivity index (χ3v) is 1.77. The second kappa shape index (κ2) is 5.57. The molecule has 78 valence electrons. The molecule has 0 aliphatic carbocycles. The molecule has 0 atom stereocenters. The lowest BCUT2D eigenvalue weighted by Gasteiger charge is -2.07. The van der Waals surface area contributed by atoms with Gasteiger partial charge < -0.3 is 9.57 Å². The van der Waals surface area contributed by atoms with Gasteiger partial charge in [0.2, 0.25) is 0 Å². The van der Waals surface area contributed by atoms with Crippen molar-refractivity contribution in [2.24, 2.45) is 0 Å². The summed E-state index contributed by atoms with van der Waals surface area (Å²) in [6.45, 7) is 2.73. The lowest BCUT2D eigenvalue weighted by Crippen LogP contribution is -2.14. The highest BCUT2D eigenvalue weighted by atomic mass is 19.1. The maximum absolute atomic E-state index is 13.5. The fraction of sp³-hybridized carbons (Fsp3) is 0.400. The van der Waals surface area contributed by atoms with E-state index in [1.165, 1.54) is 7.11 Å². The Hall–Kier alpha value is -1.13. The highest BCUT2D eigenvalue weighted by Crippen LogP contribution is 2.19. The van der Waals surface area contributed by atoms with Gasteiger partial charge in [-0.15, -0.1) is 0 Å². The Bertz CT molecular complexity index is 291. The molecule has 1 N–H and O–H groups in total. The van der Waals surface area contributed by atoms with Crippen LogP contribution in [0.15, 0.2) is 18.2 Å². The summed E-state index contributed by atoms with van der Waals surface area (Å²) in [5.74, 6) is -0.0944. The van der Waals surface area contributed by atoms with Crippen molar-refractivity contribution in [1.82, 2.24) is 5.48 Å². The van der Waals surface area contributed by atoms with Crippen LogP contribution in [0.5, 0.6) is 5.75 Å². The molecule has 0 saturated heterocycles. The van der Waals surface area contributed by atoms with E-state index in [0.717, 1.165) is 0 Å². The molecule has 0 bridgehead atoms. The minimum Gasteiger partial charge on any atom is -0.494 e. The van der Waals surface area contributed by atoms with Crippen molar-refractivity contribution >= 4 is 0 Å². The number of benzene rings is 1. The van der Waals surface area contributed by atoms with Crippen molar-refractivity contribution in [1.29, 1.82) is 0 Å². The molecule has 1 aromatic carbocycles. The summed E-state index contributed by atoms with van der Waals surface area (Å²) in [6, 6.07) is 5.01. The zero-order chi connectivity index (χ0) is 10.4. The predicted octanol–water partition coefficient (Wildman–Crippen LogP) is 1.88. The summed E-state index contributed by atoms with van der Waals surface area (Å²) in [6.07, 6.45) is 0. The van der Waals surface area contributed by atoms with Crippen LogP contribution in [0.4, 0.5) is 4.39 Å². The highest BCUT2D eigenvalue weighted by molar-refractivity contribution is 5.30. The number of rotatable bonds is 5. The molecule has 0 aliphatic rings. The highest BCUT2D eigenvalue weighted by Gasteiger charge is 2.07. The van der Waals surface area contributed by atoms with Crippen molar-refractivity contribution in [2.75, 3.05) is 13.7 Å². The van der Waals surface area contributed by atoms with Gasteiger partial charge in [0.25, 0.3) is 0 Å². The number of hydrogen-bond acceptors (Lipinski definition) is 3. The van der Waals surface area contributed by atoms with Crippen LogP contribution >= 0.6 is 0 Å². The molecule has 0 unspecified atom stereocenters. The predicted molar refractivity (Wildman–Crippen MR) is 51.4 cm³/mol. The molecule has 3 nitrogen and oxygen atoms in total. The van der Waals surface area contributed by atoms with E-state index in [1.807, 2.05) is 6.92 Å². The van der Waals surface area contributed by atoms with Gasteiger partial charge in [0.1, 0.15) is 0 Å². The Balaban J connectivity index is 2.66. The average Bonchev–Trinajstić information content (AvgIpc) is 2.21. The van der Waals surface area contributed by atoms with Crippen LogP contribution in [0, 0.1) is 5.82 Å². The molecule has 0 heterocycles. The van der Waals surface area contributed by atoms with Gasteiger partial charge in [0, 0.05) is 12.1 Å². The van der Waals surface area contributed by atoms with Crippen LogP contribution in [-0.2, 0) is 11.4 Å². The molecule has 14 heavy (non-hydrogen) atoms. The van der Waals surface area contributed by atoms with E-state index in [-0.39, 0.29) is 11.6 Å². The van der Waals surface area contributed by atoms with E-state index in [2.05, 4.69) is 5.48 Å². The molecule has 0 radical (unpaired) electrons. The van der Waals surface area contributed by atoms with Crippen molar-refractivity contribution in [3.8, 4) is 5.75 Å². The Morgan fingerprint density at radius 1 is 1.43 bits per heavy atom. The molecule has 0 saturated carbocycles. The summed E-state index contributed by atoms with van der Waals surface area (Å²) in [4.78, 5) is 4.91. The first-order chi connectivity index (χ1) is 6.79. The quantitative estimate of drug-likeness (QED) is 0.580. The van der Waals surface area contributed by atoms with Gasteiger partial charge in [0.05, 0.1) is 13.7 Å². The Kier molecular flexibility index (Phi) is 4.35. The van der Waals surface area contributed by atoms with Gasteiger partial charge in [0.15, 0.2) is 11.6 Å². The minimum atomic E-state index is -0.345. The lowest BCUT2D eigenvalue weighted by atomic mass is 10.2. The molecule has 0 aliphatic heterocycles. The number of nitrogens with one attached hydrogen (secondary N) is 1. The maximum Gasteiger partial charge on any atom is 0.169 e. The molecule has 0 aromatic heterocycles. The first kappa shape index (κ1) is 10.9. The van der Waals surface area contributed by atoms with E-state index in [1.54, 1.807) is 18.2 Å². The van der Waals surface area contributed by atoms with Crippen molar-refractivity contribution in [3.63, 3.8) is 0 Å². The van der Waals surface area contributed by atoms with Crippen LogP contribution in [0.1, 0.15) is 12.5 Å². The Labute approximate surface area is 82.8 Å². The molecular weight excluding hydrogens is 185 g/mol. The monoisotopic (exact) mass is 199 g/mol. The third-order valence-electron chi connectivity index (χ3n) is 1.77. The van der Waals surface area contributed by atoms with Crippen molar-refractivity contribution in [3.05, 3.63) is 29.6 Å². The summed E-state index contributed by atoms with van der Waals surface area (Å²) in [7, 11) is 1.44. The van der Waals surface area contributed by atoms with E-state index in [9.17, 15) is 4.39 Å². The molecule has 4 heteroatoms. The van der Waals surface area contributed by atoms with E-state index >= 15 is 0 Å². The molecule has 1 aromatic rings. The SMILES string of the molecule is CCONCc1cccc(OC)c1F. The van der Waals surface area contributed by atoms with Crippen LogP contribution in [0.2, 0.25) is 0 Å². The summed E-state index contributed by atoms with van der Waals surface area (Å²) in [5, 5.41) is 0. The van der Waals surface area contributed by atoms with Gasteiger partial charge in [-0.3, -0.25) is 0 Å². The van der Waals surface area contributed by atoms with Crippen molar-refractivity contribution < 1.29 is 14.0 Å². The maximum atomic E-state index is 13.5. The van der Waals surface area contributed by atoms with E-state index in [0.29, 0.717) is 18.7 Å². The minimum absolute atomic E-state index is 0.251. The summed E-state index contributed by atoms with van der Waals surface area (Å²) >= 11 is 0. The van der Waals surface area contributed by atoms with Crippen LogP contribution in [0.25, 0.3) is 0 Å². The zero-order valence-corrected chi connectivity index (χ0v) is 8.34. The fourth-order valence-electron chi connectivity index (χ4n) is 1.08. The molecule has 0 spiro atoms. The second-order valence-corrected chi connectivity index (χ2v) is 2.69. The van der Waals surface area contributed by atoms with Gasteiger partial charge in [-0.25, -0.2) is 4.39 Å². The topological polar surface area (TPSA) is 30.5 Å². The average molecular weight is 199 g/mol. The van der Waals surface area contributed by atoms with Gasteiger partial charge in [-0.2, -0.15) is 5.48 Å². The Morgan fingerprint density at radius 2 is 2.21 bits per heavy atom. The normalized spacial score (nSPS) is 10.2. The first-order valence-electron chi connectivity index (χ1n) is 4.45. The largest absolute Gasteiger partial charge is 0.494 e. The number of ether oxygens (including phenoxy) is 1. The first-order valence-corrected chi connectivity index (χ1v) is 4.45. The van der Waals surface area contributed by atoms with Crippen LogP contribution < -0.4 is 10.2 Å². The number of hydrogen-bond donors (Lipinski definition) is 1. The molecule has 1 rings (SSSR count). The second-order valence-electron chi connectivity index (χ2n) is 2.69. The molecule has 0 fully saturated rings.